The van der Waals surface area contributed by atoms with Gasteiger partial charge in [-0.2, -0.15) is 12.6 Å². The van der Waals surface area contributed by atoms with Crippen molar-refractivity contribution in [2.45, 2.75) is 11.3 Å². The first-order valence-electron chi connectivity index (χ1n) is 2.89. The second kappa shape index (κ2) is 5.29. The van der Waals surface area contributed by atoms with Gasteiger partial charge in [-0.3, -0.25) is 0 Å². The molecule has 0 aromatic carbocycles. The first-order chi connectivity index (χ1) is 4.51. The molecule has 6 heteroatoms. The third-order valence-electron chi connectivity index (χ3n) is 1.33. The number of thiol groups is 2. The predicted molar refractivity (Wildman–Crippen MR) is 64.4 cm³/mol. The lowest BCUT2D eigenvalue weighted by molar-refractivity contribution is 0.726. The Morgan fingerprint density at radius 2 is 1.92 bits per heavy atom. The molecule has 1 atom stereocenters. The van der Waals surface area contributed by atoms with Gasteiger partial charge in [0.25, 0.3) is 0 Å². The van der Waals surface area contributed by atoms with Crippen LogP contribution in [-0.2, 0) is 0 Å². The van der Waals surface area contributed by atoms with Crippen LogP contribution in [0.3, 0.4) is 0 Å². The van der Waals surface area contributed by atoms with Gasteiger partial charge in [-0.05, 0) is 6.08 Å². The molecule has 0 spiro atoms. The van der Waals surface area contributed by atoms with E-state index in [1.807, 2.05) is 0 Å². The van der Waals surface area contributed by atoms with Crippen molar-refractivity contribution in [3.05, 3.63) is 22.8 Å². The molecule has 72 valence electrons. The maximum Gasteiger partial charge on any atom is 0.0836 e. The molecule has 1 aliphatic rings. The van der Waals surface area contributed by atoms with E-state index >= 15 is 0 Å². The molecule has 0 fully saturated rings. The van der Waals surface area contributed by atoms with E-state index in [-0.39, 0.29) is 24.8 Å². The van der Waals surface area contributed by atoms with Crippen molar-refractivity contribution in [1.29, 1.82) is 0 Å². The molecule has 12 heavy (non-hydrogen) atoms. The molecule has 0 aliphatic heterocycles. The highest BCUT2D eigenvalue weighted by molar-refractivity contribution is 7.84. The Morgan fingerprint density at radius 3 is 2.25 bits per heavy atom. The quantitative estimate of drug-likeness (QED) is 0.387. The fraction of sp³-hybridized carbons (Fsp3) is 0.333. The zero-order valence-electron chi connectivity index (χ0n) is 6.23. The van der Waals surface area contributed by atoms with Gasteiger partial charge in [-0.15, -0.1) is 37.4 Å². The number of hydrogen-bond donors (Lipinski definition) is 4. The van der Waals surface area contributed by atoms with Gasteiger partial charge in [0.1, 0.15) is 0 Å². The standard InChI is InChI=1S/C6H10N2S2.2ClH/c7-4-3-6(8,10)2-1-5(4)9;;/h1-2,9-10H,3,7-8H2;2*1H. The number of allylic oxidation sites excluding steroid dienone is 1. The Labute approximate surface area is 95.5 Å². The van der Waals surface area contributed by atoms with E-state index in [0.29, 0.717) is 12.1 Å². The maximum absolute atomic E-state index is 5.66. The summed E-state index contributed by atoms with van der Waals surface area (Å²) in [4.78, 5) is 0.200. The third-order valence-corrected chi connectivity index (χ3v) is 2.08. The normalized spacial score (nSPS) is 27.6. The average Bonchev–Trinajstić information content (AvgIpc) is 1.79. The summed E-state index contributed by atoms with van der Waals surface area (Å²) in [5.41, 5.74) is 11.9. The van der Waals surface area contributed by atoms with Crippen LogP contribution in [0.4, 0.5) is 0 Å². The fourth-order valence-corrected chi connectivity index (χ4v) is 1.18. The van der Waals surface area contributed by atoms with Crippen LogP contribution in [0, 0.1) is 0 Å². The van der Waals surface area contributed by atoms with Crippen LogP contribution in [0.15, 0.2) is 22.8 Å². The monoisotopic (exact) mass is 246 g/mol. The van der Waals surface area contributed by atoms with Gasteiger partial charge in [-0.1, -0.05) is 6.08 Å². The van der Waals surface area contributed by atoms with Gasteiger partial charge >= 0.3 is 0 Å². The van der Waals surface area contributed by atoms with Crippen LogP contribution < -0.4 is 11.5 Å². The van der Waals surface area contributed by atoms with Gasteiger partial charge in [0, 0.05) is 17.0 Å². The molecule has 1 rings (SSSR count). The van der Waals surface area contributed by atoms with E-state index in [4.69, 9.17) is 11.5 Å². The largest absolute Gasteiger partial charge is 0.401 e. The molecule has 2 nitrogen and oxygen atoms in total. The highest BCUT2D eigenvalue weighted by atomic mass is 35.5. The molecule has 0 saturated heterocycles. The minimum atomic E-state index is -0.587. The van der Waals surface area contributed by atoms with Crippen molar-refractivity contribution < 1.29 is 0 Å². The van der Waals surface area contributed by atoms with Crippen LogP contribution in [0.1, 0.15) is 6.42 Å². The molecule has 1 aliphatic carbocycles. The van der Waals surface area contributed by atoms with Gasteiger partial charge in [0.05, 0.1) is 4.87 Å². The summed E-state index contributed by atoms with van der Waals surface area (Å²) in [6, 6.07) is 0. The lowest BCUT2D eigenvalue weighted by Crippen LogP contribution is -2.34. The zero-order valence-corrected chi connectivity index (χ0v) is 9.65. The van der Waals surface area contributed by atoms with E-state index in [2.05, 4.69) is 25.3 Å². The highest BCUT2D eigenvalue weighted by Crippen LogP contribution is 2.26. The van der Waals surface area contributed by atoms with Gasteiger partial charge in [0.2, 0.25) is 0 Å². The molecule has 0 aromatic heterocycles. The molecule has 4 N–H and O–H groups in total. The van der Waals surface area contributed by atoms with E-state index in [1.54, 1.807) is 12.2 Å². The Balaban J connectivity index is 0. The highest BCUT2D eigenvalue weighted by Gasteiger charge is 2.20. The molecule has 0 heterocycles. The summed E-state index contributed by atoms with van der Waals surface area (Å²) in [6.07, 6.45) is 4.12. The second-order valence-electron chi connectivity index (χ2n) is 2.41. The number of halogens is 2. The van der Waals surface area contributed by atoms with Crippen molar-refractivity contribution >= 4 is 50.1 Å². The Bertz CT molecular complexity index is 214. The Hall–Kier alpha value is 0.520. The first-order valence-corrected chi connectivity index (χ1v) is 3.79. The number of rotatable bonds is 0. The van der Waals surface area contributed by atoms with E-state index in [0.717, 1.165) is 4.91 Å². The molecule has 0 aromatic rings. The van der Waals surface area contributed by atoms with Crippen LogP contribution in [0.2, 0.25) is 0 Å². The summed E-state index contributed by atoms with van der Waals surface area (Å²) < 4.78 is 0. The maximum atomic E-state index is 5.66. The lowest BCUT2D eigenvalue weighted by atomic mass is 10.1. The third kappa shape index (κ3) is 3.96. The zero-order chi connectivity index (χ0) is 7.78. The van der Waals surface area contributed by atoms with Gasteiger partial charge in [0.15, 0.2) is 0 Å². The average molecular weight is 247 g/mol. The van der Waals surface area contributed by atoms with Crippen LogP contribution in [-0.4, -0.2) is 4.87 Å². The van der Waals surface area contributed by atoms with Crippen LogP contribution in [0.5, 0.6) is 0 Å². The van der Waals surface area contributed by atoms with Gasteiger partial charge < -0.3 is 11.5 Å². The number of nitrogens with two attached hydrogens (primary N) is 2. The van der Waals surface area contributed by atoms with Crippen LogP contribution >= 0.6 is 50.1 Å². The van der Waals surface area contributed by atoms with Crippen molar-refractivity contribution in [2.24, 2.45) is 11.5 Å². The summed E-state index contributed by atoms with van der Waals surface area (Å²) >= 11 is 8.27. The van der Waals surface area contributed by atoms with Crippen LogP contribution in [0.25, 0.3) is 0 Å². The molecule has 0 amide bonds. The van der Waals surface area contributed by atoms with Crippen molar-refractivity contribution in [3.8, 4) is 0 Å². The second-order valence-corrected chi connectivity index (χ2v) is 3.73. The summed E-state index contributed by atoms with van der Waals surface area (Å²) in [5, 5.41) is 0. The first kappa shape index (κ1) is 15.0. The molecule has 0 saturated carbocycles. The van der Waals surface area contributed by atoms with Crippen molar-refractivity contribution in [1.82, 2.24) is 0 Å². The topological polar surface area (TPSA) is 52.0 Å². The molecular formula is C6H12Cl2N2S2. The van der Waals surface area contributed by atoms with E-state index in [1.165, 1.54) is 0 Å². The Kier molecular flexibility index (Phi) is 6.62. The fourth-order valence-electron chi connectivity index (χ4n) is 0.785. The van der Waals surface area contributed by atoms with E-state index < -0.39 is 4.87 Å². The van der Waals surface area contributed by atoms with Crippen molar-refractivity contribution in [3.63, 3.8) is 0 Å². The lowest BCUT2D eigenvalue weighted by Gasteiger charge is -2.23. The molecular weight excluding hydrogens is 235 g/mol. The minimum absolute atomic E-state index is 0. The van der Waals surface area contributed by atoms with Gasteiger partial charge in [-0.25, -0.2) is 0 Å². The Morgan fingerprint density at radius 1 is 1.42 bits per heavy atom. The molecule has 0 radical (unpaired) electrons. The summed E-state index contributed by atoms with van der Waals surface area (Å²) in [5.74, 6) is 0. The summed E-state index contributed by atoms with van der Waals surface area (Å²) in [7, 11) is 0. The molecule has 1 unspecified atom stereocenters. The molecule has 0 bridgehead atoms. The SMILES string of the molecule is Cl.Cl.NC1=C(S)C=CC(N)(S)C1. The smallest absolute Gasteiger partial charge is 0.0836 e. The minimum Gasteiger partial charge on any atom is -0.401 e. The summed E-state index contributed by atoms with van der Waals surface area (Å²) in [6.45, 7) is 0. The number of hydrogen-bond acceptors (Lipinski definition) is 4. The van der Waals surface area contributed by atoms with Crippen molar-refractivity contribution in [2.75, 3.05) is 0 Å². The predicted octanol–water partition coefficient (Wildman–Crippen LogP) is 1.47. The van der Waals surface area contributed by atoms with E-state index in [9.17, 15) is 0 Å².